The minimum atomic E-state index is -0.189. The quantitative estimate of drug-likeness (QED) is 0.694. The Bertz CT molecular complexity index is 585. The van der Waals surface area contributed by atoms with Crippen LogP contribution in [0.5, 0.6) is 0 Å². The summed E-state index contributed by atoms with van der Waals surface area (Å²) in [6, 6.07) is 1.81. The summed E-state index contributed by atoms with van der Waals surface area (Å²) < 4.78 is 5.10. The molecule has 0 aliphatic heterocycles. The summed E-state index contributed by atoms with van der Waals surface area (Å²) in [4.78, 5) is 24.3. The third kappa shape index (κ3) is 5.56. The number of nitrogens with zero attached hydrogens (tertiary/aromatic N) is 1. The highest BCUT2D eigenvalue weighted by molar-refractivity contribution is 5.92. The molecule has 4 N–H and O–H groups in total. The summed E-state index contributed by atoms with van der Waals surface area (Å²) >= 11 is 0. The fraction of sp³-hybridized carbons (Fsp3) is 0.722. The van der Waals surface area contributed by atoms with Crippen LogP contribution in [0.2, 0.25) is 0 Å². The number of rotatable bonds is 7. The van der Waals surface area contributed by atoms with E-state index in [1.165, 1.54) is 0 Å². The van der Waals surface area contributed by atoms with Crippen molar-refractivity contribution in [2.24, 2.45) is 11.7 Å². The van der Waals surface area contributed by atoms with E-state index < -0.39 is 0 Å². The molecular formula is C18H30N4O3. The molecule has 7 heteroatoms. The summed E-state index contributed by atoms with van der Waals surface area (Å²) in [5.41, 5.74) is 6.01. The minimum absolute atomic E-state index is 0.00651. The van der Waals surface area contributed by atoms with E-state index in [2.05, 4.69) is 22.7 Å². The maximum absolute atomic E-state index is 12.4. The van der Waals surface area contributed by atoms with E-state index in [-0.39, 0.29) is 29.9 Å². The van der Waals surface area contributed by atoms with Crippen LogP contribution in [0.4, 0.5) is 0 Å². The SMILES string of the molecule is CCc1cc(C(=O)N[C@H]2CC[C@H](NC(=O)C[C@@H](C)N)C[C@H]2CC)no1. The van der Waals surface area contributed by atoms with Crippen LogP contribution in [0.25, 0.3) is 0 Å². The summed E-state index contributed by atoms with van der Waals surface area (Å²) in [5.74, 6) is 0.854. The number of hydrogen-bond donors (Lipinski definition) is 3. The van der Waals surface area contributed by atoms with Crippen LogP contribution >= 0.6 is 0 Å². The van der Waals surface area contributed by atoms with Crippen molar-refractivity contribution in [2.75, 3.05) is 0 Å². The molecule has 1 fully saturated rings. The van der Waals surface area contributed by atoms with Gasteiger partial charge in [0.05, 0.1) is 0 Å². The number of nitrogens with one attached hydrogen (secondary N) is 2. The van der Waals surface area contributed by atoms with Gasteiger partial charge in [0.2, 0.25) is 5.91 Å². The molecule has 0 aromatic carbocycles. The molecule has 2 amide bonds. The van der Waals surface area contributed by atoms with E-state index in [0.29, 0.717) is 30.2 Å². The Morgan fingerprint density at radius 2 is 2.12 bits per heavy atom. The second kappa shape index (κ2) is 8.99. The Morgan fingerprint density at radius 1 is 1.36 bits per heavy atom. The number of carbonyl (C=O) groups is 2. The maximum Gasteiger partial charge on any atom is 0.273 e. The van der Waals surface area contributed by atoms with Crippen LogP contribution in [0.1, 0.15) is 69.1 Å². The van der Waals surface area contributed by atoms with Crippen molar-refractivity contribution < 1.29 is 14.1 Å². The van der Waals surface area contributed by atoms with Crippen LogP contribution in [0, 0.1) is 5.92 Å². The van der Waals surface area contributed by atoms with Gasteiger partial charge in [0.25, 0.3) is 5.91 Å². The molecule has 1 heterocycles. The third-order valence-corrected chi connectivity index (χ3v) is 4.84. The Morgan fingerprint density at radius 3 is 2.72 bits per heavy atom. The van der Waals surface area contributed by atoms with Gasteiger partial charge in [0, 0.05) is 37.0 Å². The van der Waals surface area contributed by atoms with E-state index in [4.69, 9.17) is 10.3 Å². The monoisotopic (exact) mass is 350 g/mol. The van der Waals surface area contributed by atoms with Gasteiger partial charge >= 0.3 is 0 Å². The van der Waals surface area contributed by atoms with Crippen molar-refractivity contribution in [3.63, 3.8) is 0 Å². The summed E-state index contributed by atoms with van der Waals surface area (Å²) in [7, 11) is 0. The molecule has 1 aliphatic rings. The van der Waals surface area contributed by atoms with Gasteiger partial charge in [-0.25, -0.2) is 0 Å². The summed E-state index contributed by atoms with van der Waals surface area (Å²) in [6.07, 6.45) is 4.56. The fourth-order valence-corrected chi connectivity index (χ4v) is 3.44. The largest absolute Gasteiger partial charge is 0.361 e. The minimum Gasteiger partial charge on any atom is -0.361 e. The lowest BCUT2D eigenvalue weighted by Crippen LogP contribution is -2.49. The zero-order valence-electron chi connectivity index (χ0n) is 15.4. The number of aryl methyl sites for hydroxylation is 1. The number of hydrogen-bond acceptors (Lipinski definition) is 5. The van der Waals surface area contributed by atoms with Crippen LogP contribution in [-0.2, 0) is 11.2 Å². The Labute approximate surface area is 149 Å². The molecule has 7 nitrogen and oxygen atoms in total. The van der Waals surface area contributed by atoms with E-state index >= 15 is 0 Å². The Kier molecular flexibility index (Phi) is 6.99. The zero-order valence-corrected chi connectivity index (χ0v) is 15.4. The predicted octanol–water partition coefficient (Wildman–Crippen LogP) is 1.77. The molecule has 25 heavy (non-hydrogen) atoms. The number of amides is 2. The second-order valence-corrected chi connectivity index (χ2v) is 7.04. The van der Waals surface area contributed by atoms with Gasteiger partial charge in [-0.1, -0.05) is 25.4 Å². The zero-order chi connectivity index (χ0) is 18.4. The third-order valence-electron chi connectivity index (χ3n) is 4.84. The number of carbonyl (C=O) groups excluding carboxylic acids is 2. The van der Waals surface area contributed by atoms with E-state index in [1.54, 1.807) is 6.07 Å². The van der Waals surface area contributed by atoms with Gasteiger partial charge in [-0.3, -0.25) is 9.59 Å². The van der Waals surface area contributed by atoms with Crippen molar-refractivity contribution >= 4 is 11.8 Å². The second-order valence-electron chi connectivity index (χ2n) is 7.04. The molecule has 140 valence electrons. The Hall–Kier alpha value is -1.89. The Balaban J connectivity index is 1.88. The van der Waals surface area contributed by atoms with Crippen LogP contribution in [-0.4, -0.2) is 35.1 Å². The molecule has 0 spiro atoms. The molecule has 1 saturated carbocycles. The maximum atomic E-state index is 12.4. The highest BCUT2D eigenvalue weighted by Gasteiger charge is 2.31. The van der Waals surface area contributed by atoms with Crippen molar-refractivity contribution in [2.45, 2.75) is 77.4 Å². The van der Waals surface area contributed by atoms with Crippen LogP contribution in [0.15, 0.2) is 10.6 Å². The molecule has 0 radical (unpaired) electrons. The molecule has 0 saturated heterocycles. The molecule has 0 unspecified atom stereocenters. The summed E-state index contributed by atoms with van der Waals surface area (Å²) in [5, 5.41) is 9.99. The molecule has 4 atom stereocenters. The van der Waals surface area contributed by atoms with Gasteiger partial charge in [0.15, 0.2) is 5.69 Å². The lowest BCUT2D eigenvalue weighted by atomic mass is 9.80. The van der Waals surface area contributed by atoms with Crippen LogP contribution < -0.4 is 16.4 Å². The average molecular weight is 350 g/mol. The first-order valence-electron chi connectivity index (χ1n) is 9.24. The molecule has 1 aromatic rings. The van der Waals surface area contributed by atoms with Crippen molar-refractivity contribution in [1.82, 2.24) is 15.8 Å². The molecule has 1 aromatic heterocycles. The molecule has 1 aliphatic carbocycles. The van der Waals surface area contributed by atoms with E-state index in [9.17, 15) is 9.59 Å². The first-order valence-corrected chi connectivity index (χ1v) is 9.24. The lowest BCUT2D eigenvalue weighted by molar-refractivity contribution is -0.122. The van der Waals surface area contributed by atoms with Gasteiger partial charge < -0.3 is 20.9 Å². The number of aromatic nitrogens is 1. The number of nitrogens with two attached hydrogens (primary N) is 1. The van der Waals surface area contributed by atoms with Crippen LogP contribution in [0.3, 0.4) is 0 Å². The standard InChI is InChI=1S/C18H30N4O3/c1-4-12-9-13(20-17(23)8-11(3)19)6-7-15(12)21-18(24)16-10-14(5-2)25-22-16/h10-13,15H,4-9,19H2,1-3H3,(H,20,23)(H,21,24)/t11-,12-,13+,15+/m1/s1. The van der Waals surface area contributed by atoms with Crippen molar-refractivity contribution in [3.05, 3.63) is 17.5 Å². The topological polar surface area (TPSA) is 110 Å². The van der Waals surface area contributed by atoms with Crippen molar-refractivity contribution in [3.8, 4) is 0 Å². The van der Waals surface area contributed by atoms with Gasteiger partial charge in [0.1, 0.15) is 5.76 Å². The first kappa shape index (κ1) is 19.4. The molecule has 2 rings (SSSR count). The molecule has 0 bridgehead atoms. The first-order chi connectivity index (χ1) is 11.9. The van der Waals surface area contributed by atoms with Gasteiger partial charge in [-0.2, -0.15) is 0 Å². The average Bonchev–Trinajstić information content (AvgIpc) is 3.04. The smallest absolute Gasteiger partial charge is 0.273 e. The van der Waals surface area contributed by atoms with E-state index in [0.717, 1.165) is 25.7 Å². The van der Waals surface area contributed by atoms with E-state index in [1.807, 2.05) is 13.8 Å². The normalized spacial score (nSPS) is 24.6. The molecular weight excluding hydrogens is 320 g/mol. The fourth-order valence-electron chi connectivity index (χ4n) is 3.44. The lowest BCUT2D eigenvalue weighted by Gasteiger charge is -2.36. The summed E-state index contributed by atoms with van der Waals surface area (Å²) in [6.45, 7) is 5.90. The van der Waals surface area contributed by atoms with Crippen molar-refractivity contribution in [1.29, 1.82) is 0 Å². The van der Waals surface area contributed by atoms with Gasteiger partial charge in [-0.05, 0) is 32.1 Å². The highest BCUT2D eigenvalue weighted by atomic mass is 16.5. The predicted molar refractivity (Wildman–Crippen MR) is 95.0 cm³/mol. The highest BCUT2D eigenvalue weighted by Crippen LogP contribution is 2.27. The van der Waals surface area contributed by atoms with Gasteiger partial charge in [-0.15, -0.1) is 0 Å².